The molecule has 2 heterocycles. The number of aryl methyl sites for hydroxylation is 1. The lowest BCUT2D eigenvalue weighted by Gasteiger charge is -2.09. The number of hydrogen-bond acceptors (Lipinski definition) is 5. The summed E-state index contributed by atoms with van der Waals surface area (Å²) in [6.07, 6.45) is 2.95. The van der Waals surface area contributed by atoms with E-state index in [0.29, 0.717) is 13.1 Å². The number of halogens is 1. The molecule has 0 saturated heterocycles. The van der Waals surface area contributed by atoms with Crippen molar-refractivity contribution in [2.24, 2.45) is 4.99 Å². The van der Waals surface area contributed by atoms with Gasteiger partial charge in [-0.25, -0.2) is 9.98 Å². The molecule has 2 aromatic heterocycles. The van der Waals surface area contributed by atoms with Gasteiger partial charge in [0.15, 0.2) is 11.7 Å². The van der Waals surface area contributed by atoms with Crippen molar-refractivity contribution >= 4 is 41.3 Å². The molecule has 0 spiro atoms. The van der Waals surface area contributed by atoms with Gasteiger partial charge in [0.1, 0.15) is 10.7 Å². The molecule has 3 aromatic rings. The molecule has 0 bridgehead atoms. The number of rotatable bonds is 7. The van der Waals surface area contributed by atoms with Crippen molar-refractivity contribution in [1.82, 2.24) is 20.8 Å². The maximum absolute atomic E-state index is 5.42. The van der Waals surface area contributed by atoms with E-state index in [0.717, 1.165) is 41.0 Å². The Balaban J connectivity index is 0.00000261. The Kier molecular flexibility index (Phi) is 8.73. The first-order chi connectivity index (χ1) is 12.8. The Morgan fingerprint density at radius 1 is 1.19 bits per heavy atom. The van der Waals surface area contributed by atoms with Gasteiger partial charge < -0.3 is 15.2 Å². The van der Waals surface area contributed by atoms with Gasteiger partial charge in [0.05, 0.1) is 13.1 Å². The van der Waals surface area contributed by atoms with Crippen LogP contribution in [0.2, 0.25) is 0 Å². The summed E-state index contributed by atoms with van der Waals surface area (Å²) in [4.78, 5) is 10.3. The third-order valence-corrected chi connectivity index (χ3v) is 4.86. The molecule has 0 amide bonds. The Morgan fingerprint density at radius 2 is 2.00 bits per heavy atom. The van der Waals surface area contributed by atoms with Crippen molar-refractivity contribution in [3.8, 4) is 11.3 Å². The lowest BCUT2D eigenvalue weighted by molar-refractivity contribution is 0.424. The van der Waals surface area contributed by atoms with Gasteiger partial charge in [0.25, 0.3) is 0 Å². The van der Waals surface area contributed by atoms with Crippen LogP contribution in [0.5, 0.6) is 0 Å². The molecule has 0 fully saturated rings. The Hall–Kier alpha value is -1.94. The summed E-state index contributed by atoms with van der Waals surface area (Å²) >= 11 is 1.72. The summed E-state index contributed by atoms with van der Waals surface area (Å²) in [5.41, 5.74) is 1.80. The Bertz CT molecular complexity index is 847. The summed E-state index contributed by atoms with van der Waals surface area (Å²) < 4.78 is 5.42. The number of nitrogens with one attached hydrogen (secondary N) is 2. The van der Waals surface area contributed by atoms with E-state index in [4.69, 9.17) is 4.52 Å². The normalized spacial score (nSPS) is 11.1. The van der Waals surface area contributed by atoms with Gasteiger partial charge >= 0.3 is 0 Å². The molecule has 2 N–H and O–H groups in total. The fourth-order valence-electron chi connectivity index (χ4n) is 2.38. The number of hydrogen-bond donors (Lipinski definition) is 2. The number of guanidine groups is 1. The highest BCUT2D eigenvalue weighted by molar-refractivity contribution is 14.0. The van der Waals surface area contributed by atoms with E-state index < -0.39 is 0 Å². The zero-order valence-corrected chi connectivity index (χ0v) is 18.6. The first-order valence-electron chi connectivity index (χ1n) is 8.75. The van der Waals surface area contributed by atoms with Crippen LogP contribution >= 0.6 is 35.3 Å². The van der Waals surface area contributed by atoms with E-state index in [-0.39, 0.29) is 24.0 Å². The molecule has 0 unspecified atom stereocenters. The van der Waals surface area contributed by atoms with Gasteiger partial charge in [0, 0.05) is 29.2 Å². The van der Waals surface area contributed by atoms with Crippen molar-refractivity contribution in [2.75, 3.05) is 6.54 Å². The highest BCUT2D eigenvalue weighted by atomic mass is 127. The highest BCUT2D eigenvalue weighted by Gasteiger charge is 2.07. The van der Waals surface area contributed by atoms with E-state index in [1.54, 1.807) is 11.3 Å². The fourth-order valence-corrected chi connectivity index (χ4v) is 3.18. The maximum atomic E-state index is 5.42. The number of benzene rings is 1. The lowest BCUT2D eigenvalue weighted by atomic mass is 10.2. The summed E-state index contributed by atoms with van der Waals surface area (Å²) in [5, 5.41) is 11.7. The summed E-state index contributed by atoms with van der Waals surface area (Å²) in [7, 11) is 0. The molecule has 0 aliphatic rings. The number of nitrogens with zero attached hydrogens (tertiary/aromatic N) is 3. The van der Waals surface area contributed by atoms with Crippen molar-refractivity contribution in [2.45, 2.75) is 33.4 Å². The van der Waals surface area contributed by atoms with Crippen molar-refractivity contribution < 1.29 is 4.52 Å². The van der Waals surface area contributed by atoms with Crippen LogP contribution in [0, 0.1) is 0 Å². The molecule has 0 aliphatic carbocycles. The zero-order chi connectivity index (χ0) is 18.2. The molecule has 0 atom stereocenters. The molecule has 144 valence electrons. The standard InChI is InChI=1S/C19H23N5OS.HI/c1-3-16-12-21-18(26-16)13-23-19(20-4-2)22-11-15-10-17(25-24-15)14-8-6-5-7-9-14;/h5-10,12H,3-4,11,13H2,1-2H3,(H2,20,22,23);1H. The van der Waals surface area contributed by atoms with Crippen LogP contribution in [0.15, 0.2) is 52.1 Å². The molecule has 0 radical (unpaired) electrons. The van der Waals surface area contributed by atoms with Crippen LogP contribution in [0.25, 0.3) is 11.3 Å². The lowest BCUT2D eigenvalue weighted by Crippen LogP contribution is -2.36. The second kappa shape index (κ2) is 11.0. The largest absolute Gasteiger partial charge is 0.357 e. The quantitative estimate of drug-likeness (QED) is 0.290. The summed E-state index contributed by atoms with van der Waals surface area (Å²) in [6.45, 7) is 6.07. The molecule has 27 heavy (non-hydrogen) atoms. The van der Waals surface area contributed by atoms with Gasteiger partial charge in [-0.05, 0) is 13.3 Å². The minimum Gasteiger partial charge on any atom is -0.357 e. The third kappa shape index (κ3) is 6.31. The minimum absolute atomic E-state index is 0. The first-order valence-corrected chi connectivity index (χ1v) is 9.57. The summed E-state index contributed by atoms with van der Waals surface area (Å²) in [5.74, 6) is 1.49. The topological polar surface area (TPSA) is 75.3 Å². The molecule has 1 aromatic carbocycles. The number of aliphatic imine (C=N–C) groups is 1. The Labute approximate surface area is 180 Å². The molecular formula is C19H24IN5OS. The van der Waals surface area contributed by atoms with E-state index in [1.807, 2.05) is 49.5 Å². The average molecular weight is 497 g/mol. The average Bonchev–Trinajstić information content (AvgIpc) is 3.34. The number of thiazole rings is 1. The second-order valence-corrected chi connectivity index (χ2v) is 6.87. The zero-order valence-electron chi connectivity index (χ0n) is 15.4. The van der Waals surface area contributed by atoms with E-state index in [2.05, 4.69) is 32.7 Å². The molecule has 8 heteroatoms. The van der Waals surface area contributed by atoms with Crippen LogP contribution in [-0.4, -0.2) is 22.6 Å². The van der Waals surface area contributed by atoms with Crippen molar-refractivity contribution in [3.63, 3.8) is 0 Å². The maximum Gasteiger partial charge on any atom is 0.191 e. The predicted molar refractivity (Wildman–Crippen MR) is 121 cm³/mol. The van der Waals surface area contributed by atoms with Crippen LogP contribution in [0.1, 0.15) is 29.4 Å². The monoisotopic (exact) mass is 497 g/mol. The van der Waals surface area contributed by atoms with E-state index in [9.17, 15) is 0 Å². The molecule has 3 rings (SSSR count). The van der Waals surface area contributed by atoms with E-state index >= 15 is 0 Å². The Morgan fingerprint density at radius 3 is 2.70 bits per heavy atom. The molecule has 0 saturated carbocycles. The van der Waals surface area contributed by atoms with Crippen LogP contribution in [0.3, 0.4) is 0 Å². The highest BCUT2D eigenvalue weighted by Crippen LogP contribution is 2.20. The predicted octanol–water partition coefficient (Wildman–Crippen LogP) is 4.23. The van der Waals surface area contributed by atoms with Gasteiger partial charge in [-0.2, -0.15) is 0 Å². The third-order valence-electron chi connectivity index (χ3n) is 3.72. The first kappa shape index (κ1) is 21.4. The summed E-state index contributed by atoms with van der Waals surface area (Å²) in [6, 6.07) is 11.9. The van der Waals surface area contributed by atoms with Crippen molar-refractivity contribution in [1.29, 1.82) is 0 Å². The fraction of sp³-hybridized carbons (Fsp3) is 0.316. The van der Waals surface area contributed by atoms with Gasteiger partial charge in [-0.1, -0.05) is 42.4 Å². The van der Waals surface area contributed by atoms with E-state index in [1.165, 1.54) is 4.88 Å². The molecule has 0 aliphatic heterocycles. The smallest absolute Gasteiger partial charge is 0.191 e. The van der Waals surface area contributed by atoms with Crippen LogP contribution < -0.4 is 10.6 Å². The van der Waals surface area contributed by atoms with Crippen LogP contribution in [-0.2, 0) is 19.5 Å². The SMILES string of the molecule is CCNC(=NCc1cc(-c2ccccc2)on1)NCc1ncc(CC)s1.I. The van der Waals surface area contributed by atoms with Crippen LogP contribution in [0.4, 0.5) is 0 Å². The molecule has 6 nitrogen and oxygen atoms in total. The molecular weight excluding hydrogens is 473 g/mol. The van der Waals surface area contributed by atoms with Crippen molar-refractivity contribution in [3.05, 3.63) is 58.2 Å². The number of aromatic nitrogens is 2. The van der Waals surface area contributed by atoms with Gasteiger partial charge in [-0.3, -0.25) is 0 Å². The van der Waals surface area contributed by atoms with Gasteiger partial charge in [0.2, 0.25) is 0 Å². The second-order valence-electron chi connectivity index (χ2n) is 5.67. The minimum atomic E-state index is 0. The van der Waals surface area contributed by atoms with Gasteiger partial charge in [-0.15, -0.1) is 35.3 Å².